The fourth-order valence-electron chi connectivity index (χ4n) is 1.73. The molecule has 1 N–H and O–H groups in total. The number of rotatable bonds is 7. The van der Waals surface area contributed by atoms with Crippen molar-refractivity contribution >= 4 is 9.84 Å². The van der Waals surface area contributed by atoms with E-state index in [2.05, 4.69) is 0 Å². The highest BCUT2D eigenvalue weighted by molar-refractivity contribution is 7.90. The lowest BCUT2D eigenvalue weighted by atomic mass is 10.0. The molecule has 0 aromatic heterocycles. The summed E-state index contributed by atoms with van der Waals surface area (Å²) in [7, 11) is -1.05. The Kier molecular flexibility index (Phi) is 5.97. The summed E-state index contributed by atoms with van der Waals surface area (Å²) in [5.41, 5.74) is 2.07. The first-order valence-corrected chi connectivity index (χ1v) is 8.45. The van der Waals surface area contributed by atoms with Crippen LogP contribution in [0.3, 0.4) is 0 Å². The first-order chi connectivity index (χ1) is 8.78. The van der Waals surface area contributed by atoms with Crippen LogP contribution in [0.25, 0.3) is 0 Å². The van der Waals surface area contributed by atoms with E-state index in [1.165, 1.54) is 11.8 Å². The largest absolute Gasteiger partial charge is 0.388 e. The van der Waals surface area contributed by atoms with E-state index in [0.717, 1.165) is 5.56 Å². The number of sulfone groups is 1. The molecular weight excluding hydrogens is 262 g/mol. The summed E-state index contributed by atoms with van der Waals surface area (Å²) in [6.07, 6.45) is 1.34. The monoisotopic (exact) mass is 285 g/mol. The van der Waals surface area contributed by atoms with Gasteiger partial charge in [0.25, 0.3) is 0 Å². The Balaban J connectivity index is 2.37. The molecule has 0 aliphatic rings. The molecule has 0 aliphatic carbocycles. The summed E-state index contributed by atoms with van der Waals surface area (Å²) < 4.78 is 22.1. The van der Waals surface area contributed by atoms with Crippen LogP contribution in [0.15, 0.2) is 24.3 Å². The van der Waals surface area contributed by atoms with E-state index in [9.17, 15) is 13.5 Å². The maximum absolute atomic E-state index is 11.1. The van der Waals surface area contributed by atoms with Crippen LogP contribution in [-0.2, 0) is 9.84 Å². The molecule has 1 aromatic rings. The molecule has 0 heterocycles. The van der Waals surface area contributed by atoms with E-state index in [0.29, 0.717) is 19.5 Å². The van der Waals surface area contributed by atoms with Gasteiger partial charge in [0.2, 0.25) is 0 Å². The number of hydrogen-bond acceptors (Lipinski definition) is 4. The standard InChI is InChI=1S/C14H23NO3S/c1-12-4-6-13(7-5-12)14(16)8-9-15(2)10-11-19(3,17)18/h4-7,14,16H,8-11H2,1-3H3. The Morgan fingerprint density at radius 3 is 2.32 bits per heavy atom. The average Bonchev–Trinajstić information content (AvgIpc) is 2.33. The topological polar surface area (TPSA) is 57.6 Å². The number of aliphatic hydroxyl groups is 1. The minimum Gasteiger partial charge on any atom is -0.388 e. The minimum absolute atomic E-state index is 0.157. The summed E-state index contributed by atoms with van der Waals surface area (Å²) in [5, 5.41) is 10.0. The van der Waals surface area contributed by atoms with Crippen molar-refractivity contribution in [2.45, 2.75) is 19.4 Å². The predicted molar refractivity (Wildman–Crippen MR) is 78.0 cm³/mol. The van der Waals surface area contributed by atoms with Crippen LogP contribution in [0.4, 0.5) is 0 Å². The Labute approximate surface area is 116 Å². The number of aryl methyl sites for hydroxylation is 1. The molecule has 1 atom stereocenters. The molecule has 0 bridgehead atoms. The van der Waals surface area contributed by atoms with Crippen molar-refractivity contribution in [3.63, 3.8) is 0 Å². The van der Waals surface area contributed by atoms with Gasteiger partial charge in [-0.25, -0.2) is 8.42 Å². The van der Waals surface area contributed by atoms with E-state index < -0.39 is 15.9 Å². The van der Waals surface area contributed by atoms with Crippen molar-refractivity contribution in [2.75, 3.05) is 32.1 Å². The molecule has 19 heavy (non-hydrogen) atoms. The van der Waals surface area contributed by atoms with Crippen molar-refractivity contribution in [3.8, 4) is 0 Å². The lowest BCUT2D eigenvalue weighted by Crippen LogP contribution is -2.27. The second kappa shape index (κ2) is 7.03. The molecule has 4 nitrogen and oxygen atoms in total. The Bertz CT molecular complexity index is 482. The Morgan fingerprint density at radius 2 is 1.79 bits per heavy atom. The van der Waals surface area contributed by atoms with Crippen LogP contribution in [0.5, 0.6) is 0 Å². The van der Waals surface area contributed by atoms with Gasteiger partial charge in [0.1, 0.15) is 9.84 Å². The molecule has 1 rings (SSSR count). The molecular formula is C14H23NO3S. The molecule has 0 amide bonds. The molecule has 0 saturated heterocycles. The summed E-state index contributed by atoms with van der Waals surface area (Å²) in [6.45, 7) is 3.18. The van der Waals surface area contributed by atoms with Crippen LogP contribution in [0, 0.1) is 6.92 Å². The first kappa shape index (κ1) is 16.1. The number of aliphatic hydroxyl groups excluding tert-OH is 1. The van der Waals surface area contributed by atoms with Crippen molar-refractivity contribution in [1.82, 2.24) is 4.90 Å². The van der Waals surface area contributed by atoms with E-state index in [4.69, 9.17) is 0 Å². The first-order valence-electron chi connectivity index (χ1n) is 6.39. The summed E-state index contributed by atoms with van der Waals surface area (Å²) in [6, 6.07) is 7.81. The smallest absolute Gasteiger partial charge is 0.148 e. The van der Waals surface area contributed by atoms with Gasteiger partial charge in [0.15, 0.2) is 0 Å². The Morgan fingerprint density at radius 1 is 1.21 bits per heavy atom. The van der Waals surface area contributed by atoms with Crippen LogP contribution < -0.4 is 0 Å². The molecule has 1 aromatic carbocycles. The zero-order chi connectivity index (χ0) is 14.5. The van der Waals surface area contributed by atoms with Gasteiger partial charge < -0.3 is 10.0 Å². The fourth-order valence-corrected chi connectivity index (χ4v) is 2.37. The SMILES string of the molecule is Cc1ccc(C(O)CCN(C)CCS(C)(=O)=O)cc1. The van der Waals surface area contributed by atoms with Gasteiger partial charge >= 0.3 is 0 Å². The quantitative estimate of drug-likeness (QED) is 0.822. The molecule has 108 valence electrons. The number of nitrogens with zero attached hydrogens (tertiary/aromatic N) is 1. The molecule has 1 unspecified atom stereocenters. The van der Waals surface area contributed by atoms with Gasteiger partial charge in [-0.05, 0) is 26.0 Å². The second-order valence-corrected chi connectivity index (χ2v) is 7.41. The average molecular weight is 285 g/mol. The summed E-state index contributed by atoms with van der Waals surface area (Å²) in [5.74, 6) is 0.157. The van der Waals surface area contributed by atoms with Gasteiger partial charge in [-0.15, -0.1) is 0 Å². The molecule has 5 heteroatoms. The third kappa shape index (κ3) is 6.71. The van der Waals surface area contributed by atoms with Gasteiger partial charge in [-0.3, -0.25) is 0 Å². The molecule has 0 spiro atoms. The summed E-state index contributed by atoms with van der Waals surface area (Å²) in [4.78, 5) is 1.93. The zero-order valence-electron chi connectivity index (χ0n) is 11.8. The highest BCUT2D eigenvalue weighted by atomic mass is 32.2. The molecule has 0 fully saturated rings. The maximum Gasteiger partial charge on any atom is 0.148 e. The van der Waals surface area contributed by atoms with Crippen molar-refractivity contribution in [2.24, 2.45) is 0 Å². The van der Waals surface area contributed by atoms with Crippen molar-refractivity contribution in [3.05, 3.63) is 35.4 Å². The number of hydrogen-bond donors (Lipinski definition) is 1. The molecule has 0 aliphatic heterocycles. The van der Waals surface area contributed by atoms with Crippen molar-refractivity contribution < 1.29 is 13.5 Å². The van der Waals surface area contributed by atoms with E-state index in [1.54, 1.807) is 0 Å². The van der Waals surface area contributed by atoms with Crippen LogP contribution in [-0.4, -0.2) is 50.6 Å². The van der Waals surface area contributed by atoms with Gasteiger partial charge in [-0.1, -0.05) is 29.8 Å². The minimum atomic E-state index is -2.92. The van der Waals surface area contributed by atoms with E-state index in [-0.39, 0.29) is 5.75 Å². The van der Waals surface area contributed by atoms with E-state index >= 15 is 0 Å². The highest BCUT2D eigenvalue weighted by Crippen LogP contribution is 2.17. The highest BCUT2D eigenvalue weighted by Gasteiger charge is 2.10. The van der Waals surface area contributed by atoms with E-state index in [1.807, 2.05) is 43.1 Å². The molecule has 0 radical (unpaired) electrons. The lowest BCUT2D eigenvalue weighted by molar-refractivity contribution is 0.150. The second-order valence-electron chi connectivity index (χ2n) is 5.15. The van der Waals surface area contributed by atoms with Crippen LogP contribution >= 0.6 is 0 Å². The Hall–Kier alpha value is -0.910. The summed E-state index contributed by atoms with van der Waals surface area (Å²) >= 11 is 0. The number of benzene rings is 1. The third-order valence-corrected chi connectivity index (χ3v) is 4.01. The van der Waals surface area contributed by atoms with Crippen LogP contribution in [0.1, 0.15) is 23.7 Å². The van der Waals surface area contributed by atoms with Crippen molar-refractivity contribution in [1.29, 1.82) is 0 Å². The zero-order valence-corrected chi connectivity index (χ0v) is 12.7. The maximum atomic E-state index is 11.1. The predicted octanol–water partition coefficient (Wildman–Crippen LogP) is 1.39. The van der Waals surface area contributed by atoms with Gasteiger partial charge in [-0.2, -0.15) is 0 Å². The normalized spacial score (nSPS) is 13.7. The third-order valence-electron chi connectivity index (χ3n) is 3.09. The fraction of sp³-hybridized carbons (Fsp3) is 0.571. The van der Waals surface area contributed by atoms with Gasteiger partial charge in [0, 0.05) is 19.3 Å². The molecule has 0 saturated carbocycles. The van der Waals surface area contributed by atoms with Gasteiger partial charge in [0.05, 0.1) is 11.9 Å². The van der Waals surface area contributed by atoms with Crippen LogP contribution in [0.2, 0.25) is 0 Å². The lowest BCUT2D eigenvalue weighted by Gasteiger charge is -2.18.